The maximum atomic E-state index is 12.8. The van der Waals surface area contributed by atoms with Crippen LogP contribution in [0.5, 0.6) is 0 Å². The highest BCUT2D eigenvalue weighted by Crippen LogP contribution is 2.29. The van der Waals surface area contributed by atoms with E-state index in [-0.39, 0.29) is 11.7 Å². The molecule has 3 rings (SSSR count). The van der Waals surface area contributed by atoms with Gasteiger partial charge in [0.25, 0.3) is 0 Å². The molecule has 128 valence electrons. The number of nitrogens with zero attached hydrogens (tertiary/aromatic N) is 2. The fraction of sp³-hybridized carbons (Fsp3) is 0.412. The molecule has 1 aliphatic rings. The molecule has 0 aliphatic carbocycles. The molecule has 0 bridgehead atoms. The highest BCUT2D eigenvalue weighted by molar-refractivity contribution is 7.92. The van der Waals surface area contributed by atoms with Crippen LogP contribution in [0, 0.1) is 13.8 Å². The summed E-state index contributed by atoms with van der Waals surface area (Å²) in [5.41, 5.74) is 2.96. The molecule has 0 fully saturated rings. The molecule has 0 spiro atoms. The van der Waals surface area contributed by atoms with Crippen molar-refractivity contribution in [2.24, 2.45) is 0 Å². The molecule has 0 radical (unpaired) electrons. The lowest BCUT2D eigenvalue weighted by atomic mass is 10.2. The van der Waals surface area contributed by atoms with Gasteiger partial charge < -0.3 is 9.42 Å². The number of anilines is 1. The SMILES string of the molecule is Cc1noc(C)c1CS(=O)(=O)[C@H](C)C(=O)N1CCc2ccccc21. The number of amides is 1. The minimum absolute atomic E-state index is 0.240. The standard InChI is InChI=1S/C17H20N2O4S/c1-11-15(12(2)23-18-11)10-24(21,22)13(3)17(20)19-9-8-14-6-4-5-7-16(14)19/h4-7,13H,8-10H2,1-3H3/t13-/m1/s1. The third-order valence-corrected chi connectivity index (χ3v) is 6.54. The molecule has 0 saturated carbocycles. The number of hydrogen-bond acceptors (Lipinski definition) is 5. The van der Waals surface area contributed by atoms with Gasteiger partial charge in [0.1, 0.15) is 11.0 Å². The quantitative estimate of drug-likeness (QED) is 0.846. The van der Waals surface area contributed by atoms with Gasteiger partial charge in [-0.1, -0.05) is 23.4 Å². The summed E-state index contributed by atoms with van der Waals surface area (Å²) >= 11 is 0. The Balaban J connectivity index is 1.83. The van der Waals surface area contributed by atoms with E-state index in [0.29, 0.717) is 23.6 Å². The van der Waals surface area contributed by atoms with Crippen molar-refractivity contribution in [1.82, 2.24) is 5.16 Å². The molecule has 0 unspecified atom stereocenters. The second-order valence-corrected chi connectivity index (χ2v) is 8.44. The first kappa shape index (κ1) is 16.7. The Kier molecular flexibility index (Phi) is 4.21. The third kappa shape index (κ3) is 2.84. The first-order valence-corrected chi connectivity index (χ1v) is 9.55. The second kappa shape index (κ2) is 6.05. The molecule has 7 heteroatoms. The van der Waals surface area contributed by atoms with Crippen molar-refractivity contribution in [3.63, 3.8) is 0 Å². The molecular weight excluding hydrogens is 328 g/mol. The van der Waals surface area contributed by atoms with Gasteiger partial charge in [-0.15, -0.1) is 0 Å². The lowest BCUT2D eigenvalue weighted by Crippen LogP contribution is -2.41. The molecule has 1 aromatic heterocycles. The summed E-state index contributed by atoms with van der Waals surface area (Å²) in [7, 11) is -3.66. The van der Waals surface area contributed by atoms with E-state index in [1.807, 2.05) is 24.3 Å². The topological polar surface area (TPSA) is 80.5 Å². The second-order valence-electron chi connectivity index (χ2n) is 6.12. The number of hydrogen-bond donors (Lipinski definition) is 0. The van der Waals surface area contributed by atoms with E-state index in [0.717, 1.165) is 17.7 Å². The number of carbonyl (C=O) groups excluding carboxylic acids is 1. The van der Waals surface area contributed by atoms with Gasteiger partial charge in [-0.2, -0.15) is 0 Å². The Bertz CT molecular complexity index is 866. The van der Waals surface area contributed by atoms with Crippen LogP contribution in [-0.2, 0) is 26.8 Å². The van der Waals surface area contributed by atoms with Crippen LogP contribution in [0.25, 0.3) is 0 Å². The summed E-state index contributed by atoms with van der Waals surface area (Å²) in [6, 6.07) is 7.59. The number of carbonyl (C=O) groups is 1. The average Bonchev–Trinajstić information content (AvgIpc) is 3.12. The normalized spacial score (nSPS) is 15.4. The number of benzene rings is 1. The van der Waals surface area contributed by atoms with Gasteiger partial charge in [-0.05, 0) is 38.8 Å². The molecule has 24 heavy (non-hydrogen) atoms. The van der Waals surface area contributed by atoms with E-state index in [4.69, 9.17) is 4.52 Å². The first-order chi connectivity index (χ1) is 11.3. The summed E-state index contributed by atoms with van der Waals surface area (Å²) < 4.78 is 30.4. The zero-order valence-electron chi connectivity index (χ0n) is 13.9. The van der Waals surface area contributed by atoms with Crippen molar-refractivity contribution in [2.75, 3.05) is 11.4 Å². The van der Waals surface area contributed by atoms with Gasteiger partial charge in [-0.25, -0.2) is 8.42 Å². The van der Waals surface area contributed by atoms with E-state index in [1.165, 1.54) is 6.92 Å². The molecule has 6 nitrogen and oxygen atoms in total. The minimum Gasteiger partial charge on any atom is -0.361 e. The molecule has 1 aliphatic heterocycles. The summed E-state index contributed by atoms with van der Waals surface area (Å²) in [6.07, 6.45) is 0.749. The van der Waals surface area contributed by atoms with Crippen molar-refractivity contribution in [1.29, 1.82) is 0 Å². The van der Waals surface area contributed by atoms with Gasteiger partial charge >= 0.3 is 0 Å². The van der Waals surface area contributed by atoms with Crippen molar-refractivity contribution < 1.29 is 17.7 Å². The van der Waals surface area contributed by atoms with Crippen LogP contribution in [0.2, 0.25) is 0 Å². The van der Waals surface area contributed by atoms with Crippen molar-refractivity contribution in [3.05, 3.63) is 46.8 Å². The smallest absolute Gasteiger partial charge is 0.245 e. The lowest BCUT2D eigenvalue weighted by Gasteiger charge is -2.21. The number of fused-ring (bicyclic) bond motifs is 1. The van der Waals surface area contributed by atoms with Crippen LogP contribution in [-0.4, -0.2) is 31.3 Å². The predicted molar refractivity (Wildman–Crippen MR) is 90.6 cm³/mol. The Hall–Kier alpha value is -2.15. The molecule has 1 amide bonds. The zero-order chi connectivity index (χ0) is 17.5. The van der Waals surface area contributed by atoms with Gasteiger partial charge in [0.15, 0.2) is 9.84 Å². The highest BCUT2D eigenvalue weighted by Gasteiger charge is 2.35. The number of aromatic nitrogens is 1. The maximum absolute atomic E-state index is 12.8. The monoisotopic (exact) mass is 348 g/mol. The van der Waals surface area contributed by atoms with Crippen molar-refractivity contribution in [3.8, 4) is 0 Å². The van der Waals surface area contributed by atoms with Crippen LogP contribution in [0.15, 0.2) is 28.8 Å². The fourth-order valence-corrected chi connectivity index (χ4v) is 4.47. The van der Waals surface area contributed by atoms with E-state index in [9.17, 15) is 13.2 Å². The zero-order valence-corrected chi connectivity index (χ0v) is 14.8. The van der Waals surface area contributed by atoms with E-state index < -0.39 is 15.1 Å². The number of rotatable bonds is 4. The molecule has 2 aromatic rings. The Morgan fingerprint density at radius 3 is 2.71 bits per heavy atom. The van der Waals surface area contributed by atoms with Crippen LogP contribution in [0.4, 0.5) is 5.69 Å². The third-order valence-electron chi connectivity index (χ3n) is 4.57. The number of para-hydroxylation sites is 1. The Labute approximate surface area is 141 Å². The molecule has 1 atom stereocenters. The molecule has 2 heterocycles. The van der Waals surface area contributed by atoms with Crippen LogP contribution >= 0.6 is 0 Å². The van der Waals surface area contributed by atoms with Crippen LogP contribution in [0.3, 0.4) is 0 Å². The summed E-state index contributed by atoms with van der Waals surface area (Å²) in [6.45, 7) is 5.35. The van der Waals surface area contributed by atoms with E-state index in [2.05, 4.69) is 5.16 Å². The Morgan fingerprint density at radius 2 is 2.04 bits per heavy atom. The maximum Gasteiger partial charge on any atom is 0.245 e. The molecular formula is C17H20N2O4S. The largest absolute Gasteiger partial charge is 0.361 e. The summed E-state index contributed by atoms with van der Waals surface area (Å²) in [5.74, 6) is -0.148. The van der Waals surface area contributed by atoms with Crippen molar-refractivity contribution >= 4 is 21.4 Å². The van der Waals surface area contributed by atoms with Crippen LogP contribution < -0.4 is 4.90 Å². The molecule has 0 saturated heterocycles. The summed E-state index contributed by atoms with van der Waals surface area (Å²) in [5, 5.41) is 2.66. The lowest BCUT2D eigenvalue weighted by molar-refractivity contribution is -0.117. The van der Waals surface area contributed by atoms with Crippen LogP contribution in [0.1, 0.15) is 29.5 Å². The van der Waals surface area contributed by atoms with E-state index >= 15 is 0 Å². The van der Waals surface area contributed by atoms with E-state index in [1.54, 1.807) is 18.7 Å². The van der Waals surface area contributed by atoms with Gasteiger partial charge in [0.05, 0.1) is 11.4 Å². The molecule has 0 N–H and O–H groups in total. The summed E-state index contributed by atoms with van der Waals surface area (Å²) in [4.78, 5) is 14.3. The predicted octanol–water partition coefficient (Wildman–Crippen LogP) is 2.18. The highest BCUT2D eigenvalue weighted by atomic mass is 32.2. The average molecular weight is 348 g/mol. The van der Waals surface area contributed by atoms with Gasteiger partial charge in [0, 0.05) is 17.8 Å². The number of sulfone groups is 1. The Morgan fingerprint density at radius 1 is 1.33 bits per heavy atom. The van der Waals surface area contributed by atoms with Crippen molar-refractivity contribution in [2.45, 2.75) is 38.2 Å². The number of aryl methyl sites for hydroxylation is 2. The fourth-order valence-electron chi connectivity index (χ4n) is 2.97. The van der Waals surface area contributed by atoms with Gasteiger partial charge in [-0.3, -0.25) is 4.79 Å². The molecule has 1 aromatic carbocycles. The first-order valence-electron chi connectivity index (χ1n) is 7.84. The van der Waals surface area contributed by atoms with Gasteiger partial charge in [0.2, 0.25) is 5.91 Å². The minimum atomic E-state index is -3.66.